The molecule has 0 aliphatic carbocycles. The summed E-state index contributed by atoms with van der Waals surface area (Å²) in [7, 11) is -2.05. The number of esters is 1. The van der Waals surface area contributed by atoms with E-state index in [2.05, 4.69) is 33.9 Å². The average molecular weight is 288 g/mol. The van der Waals surface area contributed by atoms with Crippen molar-refractivity contribution >= 4 is 20.6 Å². The fourth-order valence-corrected chi connectivity index (χ4v) is 2.47. The number of rotatable bonds is 5. The first-order valence-corrected chi connectivity index (χ1v) is 9.54. The van der Waals surface area contributed by atoms with Crippen LogP contribution in [0.15, 0.2) is 0 Å². The van der Waals surface area contributed by atoms with Crippen LogP contribution in [0.2, 0.25) is 18.1 Å². The molecule has 0 heterocycles. The zero-order chi connectivity index (χ0) is 15.5. The third kappa shape index (κ3) is 6.87. The van der Waals surface area contributed by atoms with Gasteiger partial charge in [0.15, 0.2) is 8.32 Å². The lowest BCUT2D eigenvalue weighted by molar-refractivity contribution is -0.157. The second kappa shape index (κ2) is 6.18. The summed E-state index contributed by atoms with van der Waals surface area (Å²) in [5.74, 6) is -0.400. The fourth-order valence-electron chi connectivity index (χ4n) is 1.22. The molecule has 0 saturated carbocycles. The van der Waals surface area contributed by atoms with Crippen LogP contribution in [0.25, 0.3) is 0 Å². The molecule has 1 atom stereocenters. The summed E-state index contributed by atoms with van der Waals surface area (Å²) in [6.45, 7) is 15.8. The first-order valence-electron chi connectivity index (χ1n) is 6.63. The minimum Gasteiger partial charge on any atom is -0.460 e. The van der Waals surface area contributed by atoms with Crippen molar-refractivity contribution in [2.75, 3.05) is 0 Å². The molecule has 0 aromatic heterocycles. The fraction of sp³-hybridized carbons (Fsp3) is 0.857. The van der Waals surface area contributed by atoms with Crippen molar-refractivity contribution in [2.45, 2.75) is 77.8 Å². The highest BCUT2D eigenvalue weighted by molar-refractivity contribution is 6.74. The molecule has 0 bridgehead atoms. The summed E-state index contributed by atoms with van der Waals surface area (Å²) in [4.78, 5) is 22.8. The van der Waals surface area contributed by atoms with Gasteiger partial charge in [-0.05, 0) is 38.9 Å². The van der Waals surface area contributed by atoms with Gasteiger partial charge in [-0.25, -0.2) is 0 Å². The molecule has 112 valence electrons. The maximum atomic E-state index is 11.7. The molecular formula is C14H28O4Si. The van der Waals surface area contributed by atoms with Crippen LogP contribution in [0, 0.1) is 0 Å². The second-order valence-corrected chi connectivity index (χ2v) is 12.1. The minimum absolute atomic E-state index is 0.00217. The van der Waals surface area contributed by atoms with Gasteiger partial charge in [0.1, 0.15) is 18.0 Å². The monoisotopic (exact) mass is 288 g/mol. The van der Waals surface area contributed by atoms with Gasteiger partial charge in [-0.1, -0.05) is 20.8 Å². The first kappa shape index (κ1) is 18.3. The van der Waals surface area contributed by atoms with E-state index in [9.17, 15) is 9.59 Å². The highest BCUT2D eigenvalue weighted by Gasteiger charge is 2.39. The van der Waals surface area contributed by atoms with Gasteiger partial charge < -0.3 is 14.0 Å². The van der Waals surface area contributed by atoms with Gasteiger partial charge in [-0.2, -0.15) is 0 Å². The highest BCUT2D eigenvalue weighted by Crippen LogP contribution is 2.37. The molecular weight excluding hydrogens is 260 g/mol. The van der Waals surface area contributed by atoms with Crippen LogP contribution in [0.5, 0.6) is 0 Å². The molecule has 0 aliphatic heterocycles. The van der Waals surface area contributed by atoms with Crippen LogP contribution >= 0.6 is 0 Å². The molecule has 0 aliphatic rings. The number of hydrogen-bond acceptors (Lipinski definition) is 4. The number of aldehydes is 1. The molecule has 0 N–H and O–H groups in total. The number of carbonyl (C=O) groups excluding carboxylic acids is 2. The first-order chi connectivity index (χ1) is 8.28. The maximum absolute atomic E-state index is 11.7. The van der Waals surface area contributed by atoms with Crippen LogP contribution in [-0.4, -0.2) is 32.3 Å². The third-order valence-corrected chi connectivity index (χ3v) is 7.70. The molecule has 0 saturated heterocycles. The lowest BCUT2D eigenvalue weighted by Gasteiger charge is -2.37. The number of carbonyl (C=O) groups is 2. The van der Waals surface area contributed by atoms with Crippen molar-refractivity contribution in [2.24, 2.45) is 0 Å². The van der Waals surface area contributed by atoms with Crippen LogP contribution < -0.4 is 0 Å². The second-order valence-electron chi connectivity index (χ2n) is 7.34. The van der Waals surface area contributed by atoms with Gasteiger partial charge in [0.05, 0.1) is 6.42 Å². The van der Waals surface area contributed by atoms with Crippen LogP contribution in [0.4, 0.5) is 0 Å². The van der Waals surface area contributed by atoms with E-state index in [-0.39, 0.29) is 11.5 Å². The molecule has 19 heavy (non-hydrogen) atoms. The SMILES string of the molecule is CC(C)(C)OC(=O)CC(C=O)O[Si](C)(C)C(C)(C)C. The zero-order valence-corrected chi connectivity index (χ0v) is 14.5. The summed E-state index contributed by atoms with van der Waals surface area (Å²) in [6.07, 6.45) is -0.0340. The molecule has 0 radical (unpaired) electrons. The van der Waals surface area contributed by atoms with Gasteiger partial charge in [-0.15, -0.1) is 0 Å². The summed E-state index contributed by atoms with van der Waals surface area (Å²) in [5, 5.41) is 0.00217. The normalized spacial score (nSPS) is 14.9. The van der Waals surface area contributed by atoms with E-state index in [1.807, 2.05) is 0 Å². The standard InChI is InChI=1S/C14H28O4Si/c1-13(2,3)17-12(16)9-11(10-15)18-19(7,8)14(4,5)6/h10-11H,9H2,1-8H3. The quantitative estimate of drug-likeness (QED) is 0.442. The molecule has 0 aromatic rings. The molecule has 0 spiro atoms. The van der Waals surface area contributed by atoms with E-state index in [0.717, 1.165) is 0 Å². The smallest absolute Gasteiger partial charge is 0.309 e. The summed E-state index contributed by atoms with van der Waals surface area (Å²) in [6, 6.07) is 0. The largest absolute Gasteiger partial charge is 0.460 e. The third-order valence-electron chi connectivity index (χ3n) is 3.19. The van der Waals surface area contributed by atoms with Gasteiger partial charge in [0.2, 0.25) is 0 Å². The van der Waals surface area contributed by atoms with E-state index in [0.29, 0.717) is 6.29 Å². The Morgan fingerprint density at radius 3 is 1.95 bits per heavy atom. The summed E-state index contributed by atoms with van der Waals surface area (Å²) in [5.41, 5.74) is -0.540. The topological polar surface area (TPSA) is 52.6 Å². The Balaban J connectivity index is 4.62. The molecule has 0 aromatic carbocycles. The van der Waals surface area contributed by atoms with Crippen molar-refractivity contribution in [1.82, 2.24) is 0 Å². The van der Waals surface area contributed by atoms with Crippen LogP contribution in [0.1, 0.15) is 48.0 Å². The van der Waals surface area contributed by atoms with Crippen LogP contribution in [0.3, 0.4) is 0 Å². The summed E-state index contributed by atoms with van der Waals surface area (Å²) < 4.78 is 11.1. The van der Waals surface area contributed by atoms with E-state index in [1.54, 1.807) is 20.8 Å². The molecule has 5 heteroatoms. The lowest BCUT2D eigenvalue weighted by Crippen LogP contribution is -2.45. The Morgan fingerprint density at radius 1 is 1.16 bits per heavy atom. The van der Waals surface area contributed by atoms with Crippen molar-refractivity contribution in [1.29, 1.82) is 0 Å². The Bertz CT molecular complexity index is 323. The van der Waals surface area contributed by atoms with Crippen LogP contribution in [-0.2, 0) is 18.8 Å². The maximum Gasteiger partial charge on any atom is 0.309 e. The van der Waals surface area contributed by atoms with E-state index < -0.39 is 26.0 Å². The van der Waals surface area contributed by atoms with Gasteiger partial charge in [0, 0.05) is 0 Å². The zero-order valence-electron chi connectivity index (χ0n) is 13.5. The molecule has 0 fully saturated rings. The van der Waals surface area contributed by atoms with E-state index >= 15 is 0 Å². The average Bonchev–Trinajstić information content (AvgIpc) is 2.11. The Labute approximate surface area is 118 Å². The highest BCUT2D eigenvalue weighted by atomic mass is 28.4. The van der Waals surface area contributed by atoms with E-state index in [4.69, 9.17) is 9.16 Å². The predicted octanol–water partition coefficient (Wildman–Crippen LogP) is 3.31. The molecule has 0 rings (SSSR count). The molecule has 4 nitrogen and oxygen atoms in total. The van der Waals surface area contributed by atoms with Gasteiger partial charge >= 0.3 is 5.97 Å². The Morgan fingerprint density at radius 2 is 1.63 bits per heavy atom. The van der Waals surface area contributed by atoms with Crippen molar-refractivity contribution in [3.05, 3.63) is 0 Å². The minimum atomic E-state index is -2.05. The predicted molar refractivity (Wildman–Crippen MR) is 78.6 cm³/mol. The summed E-state index contributed by atoms with van der Waals surface area (Å²) >= 11 is 0. The Kier molecular flexibility index (Phi) is 5.96. The van der Waals surface area contributed by atoms with Gasteiger partial charge in [-0.3, -0.25) is 4.79 Å². The molecule has 0 amide bonds. The number of hydrogen-bond donors (Lipinski definition) is 0. The number of ether oxygens (including phenoxy) is 1. The van der Waals surface area contributed by atoms with Gasteiger partial charge in [0.25, 0.3) is 0 Å². The van der Waals surface area contributed by atoms with Crippen molar-refractivity contribution in [3.63, 3.8) is 0 Å². The van der Waals surface area contributed by atoms with Crippen molar-refractivity contribution in [3.8, 4) is 0 Å². The van der Waals surface area contributed by atoms with Crippen molar-refractivity contribution < 1.29 is 18.8 Å². The molecule has 1 unspecified atom stereocenters. The van der Waals surface area contributed by atoms with E-state index in [1.165, 1.54) is 0 Å². The lowest BCUT2D eigenvalue weighted by atomic mass is 10.2. The Hall–Kier alpha value is -0.683.